The molecule has 0 fully saturated rings. The number of hydrogen-bond acceptors (Lipinski definition) is 4. The zero-order chi connectivity index (χ0) is 15.5. The van der Waals surface area contributed by atoms with Crippen LogP contribution in [0.25, 0.3) is 0 Å². The Morgan fingerprint density at radius 2 is 2.00 bits per heavy atom. The van der Waals surface area contributed by atoms with Crippen molar-refractivity contribution in [1.82, 2.24) is 10.5 Å². The Morgan fingerprint density at radius 1 is 1.24 bits per heavy atom. The van der Waals surface area contributed by atoms with E-state index in [0.717, 1.165) is 5.69 Å². The quantitative estimate of drug-likeness (QED) is 0.880. The normalized spacial score (nSPS) is 11.7. The van der Waals surface area contributed by atoms with Crippen LogP contribution in [0.15, 0.2) is 28.8 Å². The van der Waals surface area contributed by atoms with Crippen LogP contribution in [0.4, 0.5) is 0 Å². The highest BCUT2D eigenvalue weighted by molar-refractivity contribution is 6.34. The number of nitrogens with zero attached hydrogens (tertiary/aromatic N) is 1. The predicted octanol–water partition coefficient (Wildman–Crippen LogP) is 4.45. The first-order chi connectivity index (χ1) is 9.83. The molecular weight excluding hydrogens is 311 g/mol. The largest absolute Gasteiger partial charge is 0.484 e. The van der Waals surface area contributed by atoms with Crippen LogP contribution in [0.5, 0.6) is 5.75 Å². The molecule has 0 aliphatic rings. The van der Waals surface area contributed by atoms with Crippen molar-refractivity contribution in [3.63, 3.8) is 0 Å². The van der Waals surface area contributed by atoms with Gasteiger partial charge in [-0.05, 0) is 32.9 Å². The van der Waals surface area contributed by atoms with Crippen molar-refractivity contribution in [3.05, 3.63) is 45.8 Å². The summed E-state index contributed by atoms with van der Waals surface area (Å²) >= 11 is 11.9. The Balaban J connectivity index is 1.92. The van der Waals surface area contributed by atoms with Crippen LogP contribution >= 0.6 is 23.2 Å². The van der Waals surface area contributed by atoms with E-state index >= 15 is 0 Å². The Hall–Kier alpha value is -1.23. The number of ether oxygens (including phenoxy) is 1. The first-order valence-electron chi connectivity index (χ1n) is 6.61. The SMILES string of the molecule is CC(C)(C)NCc1cc(COc2cc(Cl)ccc2Cl)on1. The maximum Gasteiger partial charge on any atom is 0.174 e. The van der Waals surface area contributed by atoms with Crippen molar-refractivity contribution in [2.45, 2.75) is 39.5 Å². The standard InChI is InChI=1S/C15H18Cl2N2O2/c1-15(2,3)18-8-11-7-12(21-19-11)9-20-14-6-10(16)4-5-13(14)17/h4-7,18H,8-9H2,1-3H3. The average Bonchev–Trinajstić information content (AvgIpc) is 2.85. The summed E-state index contributed by atoms with van der Waals surface area (Å²) in [4.78, 5) is 0. The lowest BCUT2D eigenvalue weighted by atomic mass is 10.1. The molecule has 2 aromatic rings. The minimum atomic E-state index is 0.0317. The van der Waals surface area contributed by atoms with Crippen LogP contribution in [0, 0.1) is 0 Å². The lowest BCUT2D eigenvalue weighted by Gasteiger charge is -2.19. The van der Waals surface area contributed by atoms with Crippen molar-refractivity contribution in [3.8, 4) is 5.75 Å². The lowest BCUT2D eigenvalue weighted by Crippen LogP contribution is -2.35. The molecule has 1 aromatic heterocycles. The van der Waals surface area contributed by atoms with Crippen LogP contribution < -0.4 is 10.1 Å². The van der Waals surface area contributed by atoms with Crippen molar-refractivity contribution in [2.75, 3.05) is 0 Å². The van der Waals surface area contributed by atoms with Gasteiger partial charge in [0.25, 0.3) is 0 Å². The third-order valence-electron chi connectivity index (χ3n) is 2.67. The highest BCUT2D eigenvalue weighted by atomic mass is 35.5. The summed E-state index contributed by atoms with van der Waals surface area (Å²) in [5, 5.41) is 8.41. The summed E-state index contributed by atoms with van der Waals surface area (Å²) in [5.74, 6) is 1.16. The third-order valence-corrected chi connectivity index (χ3v) is 3.22. The fraction of sp³-hybridized carbons (Fsp3) is 0.400. The topological polar surface area (TPSA) is 47.3 Å². The van der Waals surface area contributed by atoms with Crippen LogP contribution in [0.3, 0.4) is 0 Å². The second-order valence-corrected chi connectivity index (χ2v) is 6.60. The van der Waals surface area contributed by atoms with Crippen molar-refractivity contribution in [1.29, 1.82) is 0 Å². The van der Waals surface area contributed by atoms with Gasteiger partial charge < -0.3 is 14.6 Å². The summed E-state index contributed by atoms with van der Waals surface area (Å²) < 4.78 is 10.8. The number of hydrogen-bond donors (Lipinski definition) is 1. The molecule has 0 saturated heterocycles. The molecule has 0 amide bonds. The molecule has 0 aliphatic carbocycles. The van der Waals surface area contributed by atoms with Gasteiger partial charge >= 0.3 is 0 Å². The molecular formula is C15H18Cl2N2O2. The Labute approximate surface area is 134 Å². The van der Waals surface area contributed by atoms with Gasteiger partial charge in [0.1, 0.15) is 12.4 Å². The van der Waals surface area contributed by atoms with E-state index in [-0.39, 0.29) is 12.1 Å². The minimum absolute atomic E-state index is 0.0317. The number of rotatable bonds is 5. The van der Waals surface area contributed by atoms with E-state index in [1.54, 1.807) is 18.2 Å². The fourth-order valence-corrected chi connectivity index (χ4v) is 1.93. The molecule has 0 atom stereocenters. The van der Waals surface area contributed by atoms with E-state index in [0.29, 0.717) is 28.1 Å². The Morgan fingerprint density at radius 3 is 2.71 bits per heavy atom. The molecule has 0 bridgehead atoms. The number of halogens is 2. The monoisotopic (exact) mass is 328 g/mol. The molecule has 1 aromatic carbocycles. The molecule has 0 aliphatic heterocycles. The first-order valence-corrected chi connectivity index (χ1v) is 7.36. The second kappa shape index (κ2) is 6.69. The Kier molecular flexibility index (Phi) is 5.14. The van der Waals surface area contributed by atoms with Crippen LogP contribution in [0.2, 0.25) is 10.0 Å². The van der Waals surface area contributed by atoms with Gasteiger partial charge in [-0.25, -0.2) is 0 Å². The molecule has 21 heavy (non-hydrogen) atoms. The van der Waals surface area contributed by atoms with Gasteiger partial charge in [-0.2, -0.15) is 0 Å². The zero-order valence-electron chi connectivity index (χ0n) is 12.2. The van der Waals surface area contributed by atoms with E-state index in [9.17, 15) is 0 Å². The van der Waals surface area contributed by atoms with Gasteiger partial charge in [-0.15, -0.1) is 0 Å². The summed E-state index contributed by atoms with van der Waals surface area (Å²) in [5.41, 5.74) is 0.866. The van der Waals surface area contributed by atoms with Gasteiger partial charge in [0, 0.05) is 29.2 Å². The zero-order valence-corrected chi connectivity index (χ0v) is 13.8. The van der Waals surface area contributed by atoms with Gasteiger partial charge in [-0.1, -0.05) is 28.4 Å². The number of aromatic nitrogens is 1. The van der Waals surface area contributed by atoms with Crippen molar-refractivity contribution < 1.29 is 9.26 Å². The van der Waals surface area contributed by atoms with E-state index in [4.69, 9.17) is 32.5 Å². The second-order valence-electron chi connectivity index (χ2n) is 5.75. The third kappa shape index (κ3) is 5.23. The fourth-order valence-electron chi connectivity index (χ4n) is 1.60. The summed E-state index contributed by atoms with van der Waals surface area (Å²) in [6.45, 7) is 7.18. The molecule has 1 N–H and O–H groups in total. The molecule has 2 rings (SSSR count). The van der Waals surface area contributed by atoms with Gasteiger partial charge in [-0.3, -0.25) is 0 Å². The molecule has 4 nitrogen and oxygen atoms in total. The summed E-state index contributed by atoms with van der Waals surface area (Å²) in [7, 11) is 0. The lowest BCUT2D eigenvalue weighted by molar-refractivity contribution is 0.248. The number of nitrogens with one attached hydrogen (secondary N) is 1. The highest BCUT2D eigenvalue weighted by Crippen LogP contribution is 2.28. The Bertz CT molecular complexity index is 606. The average molecular weight is 329 g/mol. The number of benzene rings is 1. The van der Waals surface area contributed by atoms with Crippen LogP contribution in [-0.4, -0.2) is 10.7 Å². The maximum atomic E-state index is 6.03. The molecule has 114 valence electrons. The van der Waals surface area contributed by atoms with E-state index in [1.165, 1.54) is 0 Å². The highest BCUT2D eigenvalue weighted by Gasteiger charge is 2.11. The first kappa shape index (κ1) is 16.1. The molecule has 6 heteroatoms. The smallest absolute Gasteiger partial charge is 0.174 e. The molecule has 0 saturated carbocycles. The van der Waals surface area contributed by atoms with E-state index < -0.39 is 0 Å². The van der Waals surface area contributed by atoms with Gasteiger partial charge in [0.05, 0.1) is 10.7 Å². The summed E-state index contributed by atoms with van der Waals surface area (Å²) in [6.07, 6.45) is 0. The van der Waals surface area contributed by atoms with Gasteiger partial charge in [0.2, 0.25) is 0 Å². The summed E-state index contributed by atoms with van der Waals surface area (Å²) in [6, 6.07) is 6.93. The minimum Gasteiger partial charge on any atom is -0.484 e. The van der Waals surface area contributed by atoms with Crippen molar-refractivity contribution in [2.24, 2.45) is 0 Å². The maximum absolute atomic E-state index is 6.03. The van der Waals surface area contributed by atoms with Gasteiger partial charge in [0.15, 0.2) is 5.76 Å². The molecule has 0 unspecified atom stereocenters. The molecule has 0 radical (unpaired) electrons. The molecule has 0 spiro atoms. The van der Waals surface area contributed by atoms with E-state index in [2.05, 4.69) is 31.2 Å². The van der Waals surface area contributed by atoms with Crippen LogP contribution in [-0.2, 0) is 13.2 Å². The van der Waals surface area contributed by atoms with Crippen LogP contribution in [0.1, 0.15) is 32.2 Å². The van der Waals surface area contributed by atoms with Crippen molar-refractivity contribution >= 4 is 23.2 Å². The predicted molar refractivity (Wildman–Crippen MR) is 83.9 cm³/mol. The molecule has 1 heterocycles. The van der Waals surface area contributed by atoms with E-state index in [1.807, 2.05) is 6.07 Å².